The van der Waals surface area contributed by atoms with E-state index in [2.05, 4.69) is 146 Å². The summed E-state index contributed by atoms with van der Waals surface area (Å²) in [5.74, 6) is 4.55. The summed E-state index contributed by atoms with van der Waals surface area (Å²) in [6.45, 7) is 0. The van der Waals surface area contributed by atoms with Crippen LogP contribution in [0.15, 0.2) is 344 Å². The maximum absolute atomic E-state index is 5.16. The number of hydrogen-bond acceptors (Lipinski definition) is 10. The van der Waals surface area contributed by atoms with Crippen molar-refractivity contribution in [3.63, 3.8) is 0 Å². The second-order valence-corrected chi connectivity index (χ2v) is 24.4. The molecule has 0 atom stereocenters. The Labute approximate surface area is 580 Å². The van der Waals surface area contributed by atoms with Gasteiger partial charge in [-0.1, -0.05) is 297 Å². The van der Waals surface area contributed by atoms with Crippen LogP contribution in [0.5, 0.6) is 0 Å². The third kappa shape index (κ3) is 13.2. The smallest absolute Gasteiger partial charge is 0.235 e. The number of fused-ring (bicyclic) bond motifs is 6. The molecule has 1 aliphatic carbocycles. The van der Waals surface area contributed by atoms with E-state index in [1.807, 2.05) is 224 Å². The molecule has 99 heavy (non-hydrogen) atoms. The zero-order valence-electron chi connectivity index (χ0n) is 53.3. The molecule has 0 saturated carbocycles. The van der Waals surface area contributed by atoms with Gasteiger partial charge in [-0.25, -0.2) is 49.8 Å². The Morgan fingerprint density at radius 1 is 0.222 bits per heavy atom. The average molecular weight is 1340 g/mol. The lowest BCUT2D eigenvalue weighted by Crippen LogP contribution is -2.04. The van der Waals surface area contributed by atoms with Gasteiger partial charge in [0, 0.05) is 66.4 Å². The van der Waals surface area contributed by atoms with Crippen molar-refractivity contribution in [2.24, 2.45) is 0 Å². The van der Waals surface area contributed by atoms with E-state index in [9.17, 15) is 0 Å². The molecule has 17 aromatic rings. The molecule has 0 fully saturated rings. The summed E-state index contributed by atoms with van der Waals surface area (Å²) >= 11 is 3.39. The maximum Gasteiger partial charge on any atom is 0.235 e. The first-order valence-electron chi connectivity index (χ1n) is 32.6. The number of halogens is 1. The van der Waals surface area contributed by atoms with Crippen molar-refractivity contribution in [1.82, 2.24) is 54.4 Å². The first-order chi connectivity index (χ1) is 49.0. The number of benzene rings is 12. The van der Waals surface area contributed by atoms with Crippen LogP contribution >= 0.6 is 15.9 Å². The van der Waals surface area contributed by atoms with E-state index in [1.54, 1.807) is 0 Å². The van der Waals surface area contributed by atoms with Gasteiger partial charge in [-0.05, 0) is 87.1 Å². The number of para-hydroxylation sites is 1. The molecule has 0 amide bonds. The normalized spacial score (nSPS) is 11.2. The highest BCUT2D eigenvalue weighted by Gasteiger charge is 2.22. The van der Waals surface area contributed by atoms with Gasteiger partial charge in [-0.2, -0.15) is 0 Å². The molecule has 0 unspecified atom stereocenters. The zero-order chi connectivity index (χ0) is 66.3. The predicted octanol–water partition coefficient (Wildman–Crippen LogP) is 21.1. The molecule has 12 aromatic carbocycles. The Hall–Kier alpha value is -12.9. The Morgan fingerprint density at radius 2 is 0.535 bits per heavy atom. The highest BCUT2D eigenvalue weighted by Crippen LogP contribution is 2.40. The van der Waals surface area contributed by atoms with Crippen LogP contribution in [0.1, 0.15) is 11.1 Å². The Morgan fingerprint density at radius 3 is 0.960 bits per heavy atom. The van der Waals surface area contributed by atoms with Crippen molar-refractivity contribution in [2.75, 3.05) is 0 Å². The highest BCUT2D eigenvalue weighted by atomic mass is 79.9. The summed E-state index contributed by atoms with van der Waals surface area (Å²) in [5, 5.41) is 2.15. The second kappa shape index (κ2) is 27.8. The molecule has 18 rings (SSSR count). The van der Waals surface area contributed by atoms with Crippen molar-refractivity contribution < 1.29 is 0 Å². The topological polar surface area (TPSA) is 134 Å². The van der Waals surface area contributed by atoms with Gasteiger partial charge in [0.05, 0.1) is 33.8 Å². The molecule has 5 aromatic heterocycles. The molecule has 0 spiro atoms. The molecule has 5 heterocycles. The quantitative estimate of drug-likeness (QED) is 0.115. The minimum atomic E-state index is 0.604. The third-order valence-corrected chi connectivity index (χ3v) is 17.6. The van der Waals surface area contributed by atoms with Crippen molar-refractivity contribution in [1.29, 1.82) is 0 Å². The summed E-state index contributed by atoms with van der Waals surface area (Å²) in [4.78, 5) is 48.6. The van der Waals surface area contributed by atoms with Gasteiger partial charge in [0.15, 0.2) is 39.7 Å². The van der Waals surface area contributed by atoms with Gasteiger partial charge < -0.3 is 0 Å². The average Bonchev–Trinajstić information content (AvgIpc) is 1.50. The minimum absolute atomic E-state index is 0.604. The van der Waals surface area contributed by atoms with Crippen molar-refractivity contribution in [2.45, 2.75) is 6.42 Å². The standard InChI is InChI=1S/C43H28N6.C28H19N3.C16H11BrN2/c1-5-15-29(16-6-1)36-28-37(30-17-7-2-8-18-30)45-43(44-36)49-38-24-14-13-23-34(38)35-27-33(25-26-39(35)49)42-47-40(31-19-9-3-10-20-31)46-41(48-42)32-21-11-4-12-22-32;1-3-9-19(10-4-1)26-29-27(20-11-5-2-6-12-20)31-28(30-26)23-16-15-22-17-21-13-7-8-14-24(21)25(22)18-23;17-16-18-14(12-7-3-1-4-8-12)11-15(19-16)13-9-5-2-6-10-13/h1-28H;1-16,18H,17H2;1-11H. The molecular weight excluding hydrogens is 1280 g/mol. The van der Waals surface area contributed by atoms with Gasteiger partial charge in [-0.15, -0.1) is 0 Å². The van der Waals surface area contributed by atoms with Gasteiger partial charge >= 0.3 is 0 Å². The van der Waals surface area contributed by atoms with Crippen molar-refractivity contribution >= 4 is 37.7 Å². The molecular formula is C87H58BrN11. The van der Waals surface area contributed by atoms with E-state index < -0.39 is 0 Å². The van der Waals surface area contributed by atoms with E-state index in [-0.39, 0.29) is 0 Å². The van der Waals surface area contributed by atoms with Gasteiger partial charge in [0.25, 0.3) is 0 Å². The Balaban J connectivity index is 0.000000130. The molecule has 11 nitrogen and oxygen atoms in total. The monoisotopic (exact) mass is 1340 g/mol. The van der Waals surface area contributed by atoms with Crippen LogP contribution < -0.4 is 0 Å². The number of nitrogens with zero attached hydrogens (tertiary/aromatic N) is 11. The number of aromatic nitrogens is 11. The summed E-state index contributed by atoms with van der Waals surface area (Å²) in [5.41, 5.74) is 20.9. The van der Waals surface area contributed by atoms with Crippen LogP contribution in [0.25, 0.3) is 152 Å². The van der Waals surface area contributed by atoms with Crippen LogP contribution in [0.2, 0.25) is 0 Å². The molecule has 0 aliphatic heterocycles. The second-order valence-electron chi connectivity index (χ2n) is 23.7. The number of hydrogen-bond donors (Lipinski definition) is 0. The molecule has 0 saturated heterocycles. The maximum atomic E-state index is 5.16. The van der Waals surface area contributed by atoms with E-state index >= 15 is 0 Å². The van der Waals surface area contributed by atoms with E-state index in [0.717, 1.165) is 107 Å². The van der Waals surface area contributed by atoms with Crippen LogP contribution in [0.4, 0.5) is 0 Å². The van der Waals surface area contributed by atoms with Gasteiger partial charge in [0.2, 0.25) is 5.95 Å². The van der Waals surface area contributed by atoms with E-state index in [1.165, 1.54) is 22.3 Å². The summed E-state index contributed by atoms with van der Waals surface area (Å²) < 4.78 is 2.76. The van der Waals surface area contributed by atoms with Crippen molar-refractivity contribution in [3.05, 3.63) is 356 Å². The van der Waals surface area contributed by atoms with Crippen LogP contribution in [0, 0.1) is 0 Å². The Bertz CT molecular complexity index is 5460. The van der Waals surface area contributed by atoms with E-state index in [0.29, 0.717) is 45.6 Å². The van der Waals surface area contributed by atoms with Gasteiger partial charge in [-0.3, -0.25) is 4.57 Å². The van der Waals surface area contributed by atoms with Gasteiger partial charge in [0.1, 0.15) is 0 Å². The zero-order valence-corrected chi connectivity index (χ0v) is 54.9. The predicted molar refractivity (Wildman–Crippen MR) is 402 cm³/mol. The fourth-order valence-electron chi connectivity index (χ4n) is 12.4. The largest absolute Gasteiger partial charge is 0.278 e. The van der Waals surface area contributed by atoms with E-state index in [4.69, 9.17) is 39.9 Å². The third-order valence-electron chi connectivity index (χ3n) is 17.3. The lowest BCUT2D eigenvalue weighted by atomic mass is 10.0. The SMILES string of the molecule is Brc1nc(-c2ccccc2)cc(-c2ccccc2)n1.c1ccc(-c2cc(-c3ccccc3)nc(-n3c4ccccc4c4cc(-c5nc(-c6ccccc6)nc(-c6ccccc6)n5)ccc43)n2)cc1.c1ccc(-c2nc(-c3ccccc3)nc(-c3ccc4c(c3)-c3ccccc3C4)n2)cc1. The molecule has 468 valence electrons. The lowest BCUT2D eigenvalue weighted by molar-refractivity contribution is 0.995. The first kappa shape index (κ1) is 61.0. The van der Waals surface area contributed by atoms with Crippen LogP contribution in [-0.2, 0) is 6.42 Å². The molecule has 0 bridgehead atoms. The first-order valence-corrected chi connectivity index (χ1v) is 33.4. The minimum Gasteiger partial charge on any atom is -0.278 e. The fourth-order valence-corrected chi connectivity index (χ4v) is 12.8. The molecule has 0 radical (unpaired) electrons. The summed E-state index contributed by atoms with van der Waals surface area (Å²) in [6, 6.07) is 115. The molecule has 1 aliphatic rings. The Kier molecular flexibility index (Phi) is 17.1. The summed E-state index contributed by atoms with van der Waals surface area (Å²) in [6.07, 6.45) is 0.980. The van der Waals surface area contributed by atoms with Crippen molar-refractivity contribution in [3.8, 4) is 130 Å². The highest BCUT2D eigenvalue weighted by molar-refractivity contribution is 9.10. The molecule has 12 heteroatoms. The summed E-state index contributed by atoms with van der Waals surface area (Å²) in [7, 11) is 0. The lowest BCUT2D eigenvalue weighted by Gasteiger charge is -2.12. The van der Waals surface area contributed by atoms with Crippen LogP contribution in [0.3, 0.4) is 0 Å². The fraction of sp³-hybridized carbons (Fsp3) is 0.0115. The number of rotatable bonds is 11. The van der Waals surface area contributed by atoms with Crippen LogP contribution in [-0.4, -0.2) is 54.4 Å². The molecule has 0 N–H and O–H groups in total.